The number of benzene rings is 1. The SMILES string of the molecule is CCc1cccc2c(CC(=O)N3CCC(C(N)=O)CC3)c[nH]c12. The van der Waals surface area contributed by atoms with Crippen LogP contribution in [-0.2, 0) is 22.4 Å². The van der Waals surface area contributed by atoms with E-state index in [2.05, 4.69) is 24.0 Å². The van der Waals surface area contributed by atoms with Crippen LogP contribution in [0.3, 0.4) is 0 Å². The summed E-state index contributed by atoms with van der Waals surface area (Å²) in [6.07, 6.45) is 4.65. The highest BCUT2D eigenvalue weighted by Gasteiger charge is 2.26. The number of fused-ring (bicyclic) bond motifs is 1. The number of hydrogen-bond donors (Lipinski definition) is 2. The van der Waals surface area contributed by atoms with Crippen LogP contribution in [0.15, 0.2) is 24.4 Å². The number of likely N-dealkylation sites (tertiary alicyclic amines) is 1. The molecular weight excluding hydrogens is 290 g/mol. The number of aryl methyl sites for hydroxylation is 1. The molecule has 1 aromatic carbocycles. The van der Waals surface area contributed by atoms with Gasteiger partial charge in [-0.25, -0.2) is 0 Å². The zero-order chi connectivity index (χ0) is 16.4. The third kappa shape index (κ3) is 3.09. The fourth-order valence-corrected chi connectivity index (χ4v) is 3.40. The highest BCUT2D eigenvalue weighted by atomic mass is 16.2. The number of carbonyl (C=O) groups is 2. The Morgan fingerprint density at radius 1 is 1.26 bits per heavy atom. The molecule has 1 fully saturated rings. The van der Waals surface area contributed by atoms with E-state index in [1.807, 2.05) is 17.2 Å². The quantitative estimate of drug-likeness (QED) is 0.905. The third-order valence-corrected chi connectivity index (χ3v) is 4.86. The fourth-order valence-electron chi connectivity index (χ4n) is 3.40. The van der Waals surface area contributed by atoms with Gasteiger partial charge in [0.1, 0.15) is 0 Å². The summed E-state index contributed by atoms with van der Waals surface area (Å²) in [5.74, 6) is -0.212. The zero-order valence-electron chi connectivity index (χ0n) is 13.5. The van der Waals surface area contributed by atoms with Crippen molar-refractivity contribution in [1.82, 2.24) is 9.88 Å². The number of H-pyrrole nitrogens is 1. The lowest BCUT2D eigenvalue weighted by molar-refractivity contribution is -0.134. The first-order valence-corrected chi connectivity index (χ1v) is 8.25. The summed E-state index contributed by atoms with van der Waals surface area (Å²) in [5, 5.41) is 1.13. The van der Waals surface area contributed by atoms with Gasteiger partial charge in [-0.1, -0.05) is 25.1 Å². The van der Waals surface area contributed by atoms with Crippen molar-refractivity contribution in [2.45, 2.75) is 32.6 Å². The molecule has 0 radical (unpaired) electrons. The van der Waals surface area contributed by atoms with Gasteiger partial charge in [0, 0.05) is 36.1 Å². The van der Waals surface area contributed by atoms with Gasteiger partial charge in [-0.15, -0.1) is 0 Å². The van der Waals surface area contributed by atoms with Crippen LogP contribution in [0.1, 0.15) is 30.9 Å². The van der Waals surface area contributed by atoms with E-state index < -0.39 is 0 Å². The van der Waals surface area contributed by atoms with Crippen LogP contribution >= 0.6 is 0 Å². The van der Waals surface area contributed by atoms with Gasteiger partial charge in [0.25, 0.3) is 0 Å². The third-order valence-electron chi connectivity index (χ3n) is 4.86. The maximum atomic E-state index is 12.5. The second kappa shape index (κ2) is 6.44. The Hall–Kier alpha value is -2.30. The summed E-state index contributed by atoms with van der Waals surface area (Å²) in [6.45, 7) is 3.37. The molecular formula is C18H23N3O2. The van der Waals surface area contributed by atoms with Crippen molar-refractivity contribution in [1.29, 1.82) is 0 Å². The van der Waals surface area contributed by atoms with E-state index in [1.54, 1.807) is 0 Å². The number of nitrogens with two attached hydrogens (primary N) is 1. The fraction of sp³-hybridized carbons (Fsp3) is 0.444. The molecule has 0 spiro atoms. The van der Waals surface area contributed by atoms with E-state index in [4.69, 9.17) is 5.73 Å². The lowest BCUT2D eigenvalue weighted by atomic mass is 9.96. The minimum absolute atomic E-state index is 0.0840. The van der Waals surface area contributed by atoms with E-state index in [0.29, 0.717) is 32.4 Å². The Bertz CT molecular complexity index is 727. The summed E-state index contributed by atoms with van der Waals surface area (Å²) in [5.41, 5.74) is 8.78. The molecule has 122 valence electrons. The van der Waals surface area contributed by atoms with Gasteiger partial charge in [-0.05, 0) is 30.4 Å². The first-order valence-electron chi connectivity index (χ1n) is 8.25. The number of amides is 2. The number of piperidine rings is 1. The standard InChI is InChI=1S/C18H23N3O2/c1-2-12-4-3-5-15-14(11-20-17(12)15)10-16(22)21-8-6-13(7-9-21)18(19)23/h3-5,11,13,20H,2,6-10H2,1H3,(H2,19,23). The molecule has 5 nitrogen and oxygen atoms in total. The van der Waals surface area contributed by atoms with Gasteiger partial charge in [-0.3, -0.25) is 9.59 Å². The van der Waals surface area contributed by atoms with Crippen molar-refractivity contribution in [3.63, 3.8) is 0 Å². The molecule has 0 saturated carbocycles. The Morgan fingerprint density at radius 2 is 2.00 bits per heavy atom. The predicted molar refractivity (Wildman–Crippen MR) is 89.9 cm³/mol. The molecule has 5 heteroatoms. The van der Waals surface area contributed by atoms with Crippen LogP contribution in [0.2, 0.25) is 0 Å². The molecule has 1 aromatic heterocycles. The molecule has 0 aliphatic carbocycles. The Kier molecular flexibility index (Phi) is 4.37. The second-order valence-corrected chi connectivity index (χ2v) is 6.24. The van der Waals surface area contributed by atoms with E-state index in [0.717, 1.165) is 22.9 Å². The summed E-state index contributed by atoms with van der Waals surface area (Å²) < 4.78 is 0. The normalized spacial score (nSPS) is 16.0. The Morgan fingerprint density at radius 3 is 2.65 bits per heavy atom. The Balaban J connectivity index is 1.70. The average Bonchev–Trinajstić information content (AvgIpc) is 2.98. The van der Waals surface area contributed by atoms with Crippen molar-refractivity contribution >= 4 is 22.7 Å². The van der Waals surface area contributed by atoms with E-state index >= 15 is 0 Å². The molecule has 0 atom stereocenters. The molecule has 2 amide bonds. The molecule has 2 heterocycles. The van der Waals surface area contributed by atoms with Crippen molar-refractivity contribution < 1.29 is 9.59 Å². The first-order chi connectivity index (χ1) is 11.1. The number of aromatic nitrogens is 1. The lowest BCUT2D eigenvalue weighted by Gasteiger charge is -2.30. The molecule has 1 aliphatic rings. The zero-order valence-corrected chi connectivity index (χ0v) is 13.5. The number of para-hydroxylation sites is 1. The summed E-state index contributed by atoms with van der Waals surface area (Å²) in [7, 11) is 0. The second-order valence-electron chi connectivity index (χ2n) is 6.24. The number of primary amides is 1. The number of rotatable bonds is 4. The van der Waals surface area contributed by atoms with E-state index in [-0.39, 0.29) is 17.7 Å². The largest absolute Gasteiger partial charge is 0.369 e. The van der Waals surface area contributed by atoms with Crippen LogP contribution in [0, 0.1) is 5.92 Å². The van der Waals surface area contributed by atoms with Crippen LogP contribution in [0.4, 0.5) is 0 Å². The van der Waals surface area contributed by atoms with Crippen molar-refractivity contribution in [3.8, 4) is 0 Å². The van der Waals surface area contributed by atoms with Crippen molar-refractivity contribution in [2.75, 3.05) is 13.1 Å². The number of nitrogens with one attached hydrogen (secondary N) is 1. The van der Waals surface area contributed by atoms with Gasteiger partial charge in [-0.2, -0.15) is 0 Å². The molecule has 0 unspecified atom stereocenters. The maximum Gasteiger partial charge on any atom is 0.227 e. The van der Waals surface area contributed by atoms with Gasteiger partial charge >= 0.3 is 0 Å². The maximum absolute atomic E-state index is 12.5. The monoisotopic (exact) mass is 313 g/mol. The predicted octanol–water partition coefficient (Wildman–Crippen LogP) is 2.00. The van der Waals surface area contributed by atoms with Gasteiger partial charge < -0.3 is 15.6 Å². The van der Waals surface area contributed by atoms with Crippen LogP contribution < -0.4 is 5.73 Å². The minimum atomic E-state index is -0.249. The summed E-state index contributed by atoms with van der Waals surface area (Å²) in [4.78, 5) is 28.9. The number of nitrogens with zero attached hydrogens (tertiary/aromatic N) is 1. The molecule has 0 bridgehead atoms. The molecule has 2 aromatic rings. The van der Waals surface area contributed by atoms with Crippen LogP contribution in [0.25, 0.3) is 10.9 Å². The van der Waals surface area contributed by atoms with Crippen LogP contribution in [0.5, 0.6) is 0 Å². The Labute approximate surface area is 135 Å². The minimum Gasteiger partial charge on any atom is -0.369 e. The number of hydrogen-bond acceptors (Lipinski definition) is 2. The van der Waals surface area contributed by atoms with E-state index in [9.17, 15) is 9.59 Å². The molecule has 23 heavy (non-hydrogen) atoms. The van der Waals surface area contributed by atoms with Gasteiger partial charge in [0.2, 0.25) is 11.8 Å². The smallest absolute Gasteiger partial charge is 0.227 e. The highest BCUT2D eigenvalue weighted by Crippen LogP contribution is 2.24. The molecule has 1 aliphatic heterocycles. The summed E-state index contributed by atoms with van der Waals surface area (Å²) in [6, 6.07) is 6.22. The molecule has 3 N–H and O–H groups in total. The highest BCUT2D eigenvalue weighted by molar-refractivity contribution is 5.90. The van der Waals surface area contributed by atoms with Gasteiger partial charge in [0.05, 0.1) is 6.42 Å². The molecule has 1 saturated heterocycles. The average molecular weight is 313 g/mol. The molecule has 3 rings (SSSR count). The van der Waals surface area contributed by atoms with Crippen LogP contribution in [-0.4, -0.2) is 34.8 Å². The van der Waals surface area contributed by atoms with Gasteiger partial charge in [0.15, 0.2) is 0 Å². The van der Waals surface area contributed by atoms with Crippen molar-refractivity contribution in [3.05, 3.63) is 35.5 Å². The number of aromatic amines is 1. The lowest BCUT2D eigenvalue weighted by Crippen LogP contribution is -2.42. The number of carbonyl (C=O) groups excluding carboxylic acids is 2. The summed E-state index contributed by atoms with van der Waals surface area (Å²) >= 11 is 0. The first kappa shape index (κ1) is 15.6. The van der Waals surface area contributed by atoms with E-state index in [1.165, 1.54) is 5.56 Å². The topological polar surface area (TPSA) is 79.2 Å². The van der Waals surface area contributed by atoms with Crippen molar-refractivity contribution in [2.24, 2.45) is 11.7 Å².